The first-order valence-electron chi connectivity index (χ1n) is 7.46. The van der Waals surface area contributed by atoms with Crippen LogP contribution in [0.2, 0.25) is 0 Å². The molecule has 0 bridgehead atoms. The van der Waals surface area contributed by atoms with Crippen LogP contribution in [-0.2, 0) is 17.8 Å². The molecule has 0 aliphatic carbocycles. The smallest absolute Gasteiger partial charge is 0.227 e. The van der Waals surface area contributed by atoms with Crippen LogP contribution in [0.5, 0.6) is 0 Å². The maximum Gasteiger partial charge on any atom is 0.227 e. The predicted octanol–water partition coefficient (Wildman–Crippen LogP) is 3.53. The summed E-state index contributed by atoms with van der Waals surface area (Å²) in [4.78, 5) is 19.0. The molecule has 7 heteroatoms. The number of halogens is 1. The Morgan fingerprint density at radius 2 is 2.08 bits per heavy atom. The quantitative estimate of drug-likeness (QED) is 0.686. The molecule has 3 aromatic rings. The first-order chi connectivity index (χ1) is 11.6. The van der Waals surface area contributed by atoms with Gasteiger partial charge in [-0.25, -0.2) is 4.39 Å². The zero-order valence-electron chi connectivity index (χ0n) is 13.1. The van der Waals surface area contributed by atoms with Gasteiger partial charge in [0.2, 0.25) is 17.6 Å². The summed E-state index contributed by atoms with van der Waals surface area (Å²) in [5, 5.41) is 5.87. The Kier molecular flexibility index (Phi) is 5.00. The number of hydrogen-bond donors (Lipinski definition) is 0. The SMILES string of the molecule is CN(Cc1ccc(F)cc1)C(=O)CCc1nc(-c2cccs2)no1. The number of nitrogens with zero attached hydrogens (tertiary/aromatic N) is 3. The predicted molar refractivity (Wildman–Crippen MR) is 88.8 cm³/mol. The van der Waals surface area contributed by atoms with Crippen molar-refractivity contribution in [1.29, 1.82) is 0 Å². The summed E-state index contributed by atoms with van der Waals surface area (Å²) in [5.41, 5.74) is 0.880. The molecule has 0 saturated heterocycles. The summed E-state index contributed by atoms with van der Waals surface area (Å²) >= 11 is 1.53. The Morgan fingerprint density at radius 3 is 2.79 bits per heavy atom. The summed E-state index contributed by atoms with van der Waals surface area (Å²) in [7, 11) is 1.72. The molecule has 1 amide bonds. The number of carbonyl (C=O) groups is 1. The van der Waals surface area contributed by atoms with Crippen molar-refractivity contribution in [2.24, 2.45) is 0 Å². The van der Waals surface area contributed by atoms with Crippen LogP contribution in [0.25, 0.3) is 10.7 Å². The maximum atomic E-state index is 12.9. The molecule has 0 radical (unpaired) electrons. The van der Waals surface area contributed by atoms with Gasteiger partial charge in [-0.15, -0.1) is 11.3 Å². The van der Waals surface area contributed by atoms with Crippen LogP contribution in [0.1, 0.15) is 17.9 Å². The second kappa shape index (κ2) is 7.35. The zero-order valence-corrected chi connectivity index (χ0v) is 13.9. The van der Waals surface area contributed by atoms with Gasteiger partial charge in [0.05, 0.1) is 4.88 Å². The summed E-state index contributed by atoms with van der Waals surface area (Å²) in [6, 6.07) is 9.95. The minimum Gasteiger partial charge on any atom is -0.341 e. The molecule has 2 aromatic heterocycles. The molecular weight excluding hydrogens is 329 g/mol. The van der Waals surface area contributed by atoms with Crippen molar-refractivity contribution < 1.29 is 13.7 Å². The Morgan fingerprint density at radius 1 is 1.29 bits per heavy atom. The van der Waals surface area contributed by atoms with Gasteiger partial charge in [-0.2, -0.15) is 4.98 Å². The molecule has 5 nitrogen and oxygen atoms in total. The highest BCUT2D eigenvalue weighted by molar-refractivity contribution is 7.13. The van der Waals surface area contributed by atoms with Gasteiger partial charge >= 0.3 is 0 Å². The number of hydrogen-bond acceptors (Lipinski definition) is 5. The molecule has 0 N–H and O–H groups in total. The number of aromatic nitrogens is 2. The lowest BCUT2D eigenvalue weighted by Crippen LogP contribution is -2.26. The highest BCUT2D eigenvalue weighted by Gasteiger charge is 2.14. The standard InChI is InChI=1S/C17H16FN3O2S/c1-21(11-12-4-6-13(18)7-5-12)16(22)9-8-15-19-17(20-23-15)14-3-2-10-24-14/h2-7,10H,8-9,11H2,1H3. The van der Waals surface area contributed by atoms with Gasteiger partial charge < -0.3 is 9.42 Å². The molecule has 0 spiro atoms. The average Bonchev–Trinajstić information content (AvgIpc) is 3.25. The fraction of sp³-hybridized carbons (Fsp3) is 0.235. The van der Waals surface area contributed by atoms with Gasteiger partial charge in [0.25, 0.3) is 0 Å². The number of carbonyl (C=O) groups excluding carboxylic acids is 1. The van der Waals surface area contributed by atoms with Gasteiger partial charge in [-0.1, -0.05) is 23.4 Å². The molecule has 0 aliphatic rings. The number of aryl methyl sites for hydroxylation is 1. The summed E-state index contributed by atoms with van der Waals surface area (Å²) in [6.07, 6.45) is 0.675. The van der Waals surface area contributed by atoms with E-state index in [0.717, 1.165) is 10.4 Å². The minimum absolute atomic E-state index is 0.0322. The molecule has 0 saturated carbocycles. The van der Waals surface area contributed by atoms with Crippen molar-refractivity contribution >= 4 is 17.2 Å². The maximum absolute atomic E-state index is 12.9. The van der Waals surface area contributed by atoms with Crippen molar-refractivity contribution in [3.05, 3.63) is 59.0 Å². The van der Waals surface area contributed by atoms with Crippen molar-refractivity contribution in [3.63, 3.8) is 0 Å². The van der Waals surface area contributed by atoms with Crippen molar-refractivity contribution in [2.75, 3.05) is 7.05 Å². The third-order valence-corrected chi connectivity index (χ3v) is 4.39. The van der Waals surface area contributed by atoms with Gasteiger partial charge in [0, 0.05) is 26.4 Å². The molecule has 124 valence electrons. The first kappa shape index (κ1) is 16.3. The van der Waals surface area contributed by atoms with E-state index in [-0.39, 0.29) is 18.1 Å². The van der Waals surface area contributed by atoms with Crippen LogP contribution in [-0.4, -0.2) is 28.0 Å². The van der Waals surface area contributed by atoms with Crippen LogP contribution in [0.4, 0.5) is 4.39 Å². The van der Waals surface area contributed by atoms with Crippen LogP contribution in [0, 0.1) is 5.82 Å². The fourth-order valence-corrected chi connectivity index (χ4v) is 2.87. The van der Waals surface area contributed by atoms with Gasteiger partial charge in [0.1, 0.15) is 5.82 Å². The lowest BCUT2D eigenvalue weighted by molar-refractivity contribution is -0.130. The van der Waals surface area contributed by atoms with Gasteiger partial charge in [0.15, 0.2) is 0 Å². The van der Waals surface area contributed by atoms with Crippen LogP contribution >= 0.6 is 11.3 Å². The average molecular weight is 345 g/mol. The number of thiophene rings is 1. The van der Waals surface area contributed by atoms with Gasteiger partial charge in [-0.05, 0) is 29.1 Å². The van der Waals surface area contributed by atoms with E-state index in [1.54, 1.807) is 24.1 Å². The monoisotopic (exact) mass is 345 g/mol. The number of benzene rings is 1. The Labute approximate surface area is 142 Å². The first-order valence-corrected chi connectivity index (χ1v) is 8.34. The molecule has 2 heterocycles. The molecule has 0 atom stereocenters. The van der Waals surface area contributed by atoms with Crippen molar-refractivity contribution in [3.8, 4) is 10.7 Å². The van der Waals surface area contributed by atoms with Crippen molar-refractivity contribution in [2.45, 2.75) is 19.4 Å². The van der Waals surface area contributed by atoms with E-state index < -0.39 is 0 Å². The molecule has 3 rings (SSSR count). The molecule has 0 unspecified atom stereocenters. The third-order valence-electron chi connectivity index (χ3n) is 3.52. The largest absolute Gasteiger partial charge is 0.341 e. The fourth-order valence-electron chi connectivity index (χ4n) is 2.22. The molecule has 24 heavy (non-hydrogen) atoms. The summed E-state index contributed by atoms with van der Waals surface area (Å²) in [6.45, 7) is 0.434. The highest BCUT2D eigenvalue weighted by atomic mass is 32.1. The molecule has 0 aliphatic heterocycles. The Hall–Kier alpha value is -2.54. The van der Waals surface area contributed by atoms with Crippen molar-refractivity contribution in [1.82, 2.24) is 15.0 Å². The van der Waals surface area contributed by atoms with Crippen LogP contribution in [0.3, 0.4) is 0 Å². The number of rotatable bonds is 6. The van der Waals surface area contributed by atoms with E-state index in [1.807, 2.05) is 17.5 Å². The Balaban J connectivity index is 1.52. The van der Waals surface area contributed by atoms with E-state index >= 15 is 0 Å². The van der Waals surface area contributed by atoms with Gasteiger partial charge in [-0.3, -0.25) is 4.79 Å². The lowest BCUT2D eigenvalue weighted by atomic mass is 10.2. The summed E-state index contributed by atoms with van der Waals surface area (Å²) < 4.78 is 18.1. The topological polar surface area (TPSA) is 59.2 Å². The number of amides is 1. The molecular formula is C17H16FN3O2S. The van der Waals surface area contributed by atoms with E-state index in [2.05, 4.69) is 10.1 Å². The summed E-state index contributed by atoms with van der Waals surface area (Å²) in [5.74, 6) is 0.676. The molecule has 1 aromatic carbocycles. The van der Waals surface area contributed by atoms with Crippen LogP contribution < -0.4 is 0 Å². The Bertz CT molecular complexity index is 800. The van der Waals surface area contributed by atoms with E-state index in [4.69, 9.17) is 4.52 Å². The molecule has 0 fully saturated rings. The highest BCUT2D eigenvalue weighted by Crippen LogP contribution is 2.21. The normalized spacial score (nSPS) is 10.8. The third kappa shape index (κ3) is 4.05. The van der Waals surface area contributed by atoms with E-state index in [1.165, 1.54) is 23.5 Å². The van der Waals surface area contributed by atoms with Crippen LogP contribution in [0.15, 0.2) is 46.3 Å². The lowest BCUT2D eigenvalue weighted by Gasteiger charge is -2.16. The minimum atomic E-state index is -0.286. The van der Waals surface area contributed by atoms with E-state index in [0.29, 0.717) is 24.7 Å². The second-order valence-electron chi connectivity index (χ2n) is 5.37. The zero-order chi connectivity index (χ0) is 16.9. The second-order valence-corrected chi connectivity index (χ2v) is 6.31. The van der Waals surface area contributed by atoms with E-state index in [9.17, 15) is 9.18 Å².